The van der Waals surface area contributed by atoms with E-state index < -0.39 is 0 Å². The molecule has 0 aliphatic carbocycles. The molecule has 0 bridgehead atoms. The van der Waals surface area contributed by atoms with Crippen molar-refractivity contribution in [1.29, 1.82) is 0 Å². The first-order chi connectivity index (χ1) is 7.98. The summed E-state index contributed by atoms with van der Waals surface area (Å²) in [5.74, 6) is 0.943. The fourth-order valence-corrected chi connectivity index (χ4v) is 2.00. The van der Waals surface area contributed by atoms with Crippen LogP contribution in [-0.2, 0) is 11.3 Å². The molecule has 0 aromatic carbocycles. The van der Waals surface area contributed by atoms with Crippen molar-refractivity contribution in [1.82, 2.24) is 9.55 Å². The number of ether oxygens (including phenoxy) is 1. The van der Waals surface area contributed by atoms with Crippen LogP contribution in [0.2, 0.25) is 0 Å². The van der Waals surface area contributed by atoms with Gasteiger partial charge in [-0.3, -0.25) is 0 Å². The summed E-state index contributed by atoms with van der Waals surface area (Å²) in [6.07, 6.45) is 4.35. The molecular formula is C13H25N3O. The highest BCUT2D eigenvalue weighted by Gasteiger charge is 2.18. The Hall–Kier alpha value is -1.03. The zero-order valence-corrected chi connectivity index (χ0v) is 11.7. The third kappa shape index (κ3) is 4.38. The van der Waals surface area contributed by atoms with Crippen molar-refractivity contribution in [2.75, 3.05) is 19.0 Å². The van der Waals surface area contributed by atoms with E-state index in [0.717, 1.165) is 31.0 Å². The van der Waals surface area contributed by atoms with Gasteiger partial charge in [-0.1, -0.05) is 13.3 Å². The number of hydrogen-bond acceptors (Lipinski definition) is 3. The molecule has 0 spiro atoms. The third-order valence-electron chi connectivity index (χ3n) is 2.76. The van der Waals surface area contributed by atoms with E-state index in [4.69, 9.17) is 4.74 Å². The van der Waals surface area contributed by atoms with E-state index in [1.807, 2.05) is 6.92 Å². The van der Waals surface area contributed by atoms with Crippen molar-refractivity contribution >= 4 is 5.95 Å². The van der Waals surface area contributed by atoms with Crippen LogP contribution in [0, 0.1) is 6.92 Å². The molecule has 0 radical (unpaired) electrons. The Bertz CT molecular complexity index is 344. The molecule has 1 N–H and O–H groups in total. The second-order valence-corrected chi connectivity index (χ2v) is 5.15. The van der Waals surface area contributed by atoms with Crippen LogP contribution in [0.5, 0.6) is 0 Å². The van der Waals surface area contributed by atoms with Crippen molar-refractivity contribution in [3.63, 3.8) is 0 Å². The molecule has 4 heteroatoms. The second kappa shape index (κ2) is 6.05. The molecule has 0 aliphatic heterocycles. The molecule has 0 fully saturated rings. The van der Waals surface area contributed by atoms with Crippen molar-refractivity contribution < 1.29 is 4.74 Å². The van der Waals surface area contributed by atoms with Gasteiger partial charge in [-0.25, -0.2) is 4.98 Å². The number of nitrogens with zero attached hydrogens (tertiary/aromatic N) is 2. The van der Waals surface area contributed by atoms with Crippen molar-refractivity contribution in [3.8, 4) is 0 Å². The maximum atomic E-state index is 5.11. The summed E-state index contributed by atoms with van der Waals surface area (Å²) in [5.41, 5.74) is 1.12. The predicted molar refractivity (Wildman–Crippen MR) is 71.4 cm³/mol. The van der Waals surface area contributed by atoms with Crippen LogP contribution >= 0.6 is 0 Å². The van der Waals surface area contributed by atoms with Gasteiger partial charge in [0, 0.05) is 25.4 Å². The average Bonchev–Trinajstić information content (AvgIpc) is 2.54. The first-order valence-corrected chi connectivity index (χ1v) is 6.29. The van der Waals surface area contributed by atoms with Crippen LogP contribution in [-0.4, -0.2) is 28.8 Å². The Kier molecular flexibility index (Phi) is 5.00. The highest BCUT2D eigenvalue weighted by Crippen LogP contribution is 2.19. The molecule has 0 saturated heterocycles. The Morgan fingerprint density at radius 3 is 2.76 bits per heavy atom. The number of imidazole rings is 1. The van der Waals surface area contributed by atoms with Gasteiger partial charge in [0.2, 0.25) is 5.95 Å². The molecule has 0 aliphatic rings. The van der Waals surface area contributed by atoms with Gasteiger partial charge in [-0.15, -0.1) is 0 Å². The van der Waals surface area contributed by atoms with Gasteiger partial charge in [0.05, 0.1) is 12.3 Å². The van der Waals surface area contributed by atoms with Crippen LogP contribution in [0.15, 0.2) is 6.20 Å². The van der Waals surface area contributed by atoms with Gasteiger partial charge in [0.1, 0.15) is 0 Å². The van der Waals surface area contributed by atoms with E-state index in [9.17, 15) is 0 Å². The zero-order chi connectivity index (χ0) is 12.9. The van der Waals surface area contributed by atoms with Gasteiger partial charge in [0.15, 0.2) is 0 Å². The summed E-state index contributed by atoms with van der Waals surface area (Å²) in [7, 11) is 1.72. The highest BCUT2D eigenvalue weighted by molar-refractivity contribution is 5.32. The third-order valence-corrected chi connectivity index (χ3v) is 2.76. The monoisotopic (exact) mass is 239 g/mol. The zero-order valence-electron chi connectivity index (χ0n) is 11.7. The Balaban J connectivity index is 2.75. The number of nitrogens with one attached hydrogen (secondary N) is 1. The van der Waals surface area contributed by atoms with Crippen molar-refractivity contribution in [2.24, 2.45) is 0 Å². The van der Waals surface area contributed by atoms with Crippen LogP contribution in [0.25, 0.3) is 0 Å². The van der Waals surface area contributed by atoms with Gasteiger partial charge >= 0.3 is 0 Å². The molecule has 1 aromatic heterocycles. The summed E-state index contributed by atoms with van der Waals surface area (Å²) in [5, 5.41) is 3.51. The van der Waals surface area contributed by atoms with E-state index >= 15 is 0 Å². The Labute approximate surface area is 104 Å². The van der Waals surface area contributed by atoms with Crippen LogP contribution in [0.4, 0.5) is 5.95 Å². The Morgan fingerprint density at radius 2 is 2.18 bits per heavy atom. The number of methoxy groups -OCH3 is 1. The van der Waals surface area contributed by atoms with Crippen LogP contribution in [0.1, 0.15) is 39.3 Å². The normalized spacial score (nSPS) is 11.8. The van der Waals surface area contributed by atoms with E-state index in [1.165, 1.54) is 0 Å². The Morgan fingerprint density at radius 1 is 1.47 bits per heavy atom. The van der Waals surface area contributed by atoms with Gasteiger partial charge < -0.3 is 14.6 Å². The molecule has 0 atom stereocenters. The number of aromatic nitrogens is 2. The van der Waals surface area contributed by atoms with E-state index in [-0.39, 0.29) is 5.54 Å². The fourth-order valence-electron chi connectivity index (χ4n) is 2.00. The maximum Gasteiger partial charge on any atom is 0.203 e. The largest absolute Gasteiger partial charge is 0.383 e. The number of rotatable bonds is 7. The second-order valence-electron chi connectivity index (χ2n) is 5.15. The lowest BCUT2D eigenvalue weighted by molar-refractivity contribution is 0.187. The lowest BCUT2D eigenvalue weighted by Gasteiger charge is -2.26. The smallest absolute Gasteiger partial charge is 0.203 e. The SMILES string of the molecule is CCCC(C)(C)Nc1nc(C)cn1CCOC. The van der Waals surface area contributed by atoms with Gasteiger partial charge in [-0.2, -0.15) is 0 Å². The minimum atomic E-state index is 0.0807. The van der Waals surface area contributed by atoms with Gasteiger partial charge in [0.25, 0.3) is 0 Å². The van der Waals surface area contributed by atoms with Crippen molar-refractivity contribution in [2.45, 2.75) is 52.6 Å². The molecule has 4 nitrogen and oxygen atoms in total. The minimum Gasteiger partial charge on any atom is -0.383 e. The first-order valence-electron chi connectivity index (χ1n) is 6.29. The molecule has 1 rings (SSSR count). The fraction of sp³-hybridized carbons (Fsp3) is 0.769. The predicted octanol–water partition coefficient (Wildman–Crippen LogP) is 2.83. The molecular weight excluding hydrogens is 214 g/mol. The summed E-state index contributed by atoms with van der Waals surface area (Å²) >= 11 is 0. The minimum absolute atomic E-state index is 0.0807. The molecule has 1 heterocycles. The van der Waals surface area contributed by atoms with Crippen LogP contribution < -0.4 is 5.32 Å². The quantitative estimate of drug-likeness (QED) is 0.795. The summed E-state index contributed by atoms with van der Waals surface area (Å²) in [6, 6.07) is 0. The summed E-state index contributed by atoms with van der Waals surface area (Å²) in [4.78, 5) is 4.53. The van der Waals surface area contributed by atoms with E-state index in [1.54, 1.807) is 7.11 Å². The number of aryl methyl sites for hydroxylation is 1. The highest BCUT2D eigenvalue weighted by atomic mass is 16.5. The lowest BCUT2D eigenvalue weighted by Crippen LogP contribution is -2.32. The first kappa shape index (κ1) is 14.0. The molecule has 98 valence electrons. The van der Waals surface area contributed by atoms with Crippen molar-refractivity contribution in [3.05, 3.63) is 11.9 Å². The van der Waals surface area contributed by atoms with E-state index in [0.29, 0.717) is 6.61 Å². The van der Waals surface area contributed by atoms with Gasteiger partial charge in [-0.05, 0) is 27.2 Å². The standard InChI is InChI=1S/C13H25N3O/c1-6-7-13(3,4)15-12-14-11(2)10-16(12)8-9-17-5/h10H,6-9H2,1-5H3,(H,14,15). The topological polar surface area (TPSA) is 39.1 Å². The molecule has 1 aromatic rings. The average molecular weight is 239 g/mol. The number of anilines is 1. The summed E-state index contributed by atoms with van der Waals surface area (Å²) < 4.78 is 7.23. The maximum absolute atomic E-state index is 5.11. The van der Waals surface area contributed by atoms with E-state index in [2.05, 4.69) is 41.8 Å². The summed E-state index contributed by atoms with van der Waals surface area (Å²) in [6.45, 7) is 10.2. The molecule has 0 unspecified atom stereocenters. The number of hydrogen-bond donors (Lipinski definition) is 1. The molecule has 0 saturated carbocycles. The molecule has 0 amide bonds. The van der Waals surface area contributed by atoms with Crippen LogP contribution in [0.3, 0.4) is 0 Å². The molecule has 17 heavy (non-hydrogen) atoms. The lowest BCUT2D eigenvalue weighted by atomic mass is 9.99.